The number of phenolic OH excluding ortho intramolecular Hbond substituents is 1. The molecule has 0 aliphatic heterocycles. The minimum absolute atomic E-state index is 0.0994. The molecule has 2 nitrogen and oxygen atoms in total. The van der Waals surface area contributed by atoms with Crippen LogP contribution in [0.25, 0.3) is 0 Å². The third-order valence-corrected chi connectivity index (χ3v) is 1.92. The Morgan fingerprint density at radius 1 is 1.64 bits per heavy atom. The van der Waals surface area contributed by atoms with E-state index in [1.807, 2.05) is 6.92 Å². The zero-order valence-corrected chi connectivity index (χ0v) is 7.92. The van der Waals surface area contributed by atoms with E-state index in [2.05, 4.69) is 11.2 Å². The first-order valence-corrected chi connectivity index (χ1v) is 4.31. The molecule has 0 heterocycles. The summed E-state index contributed by atoms with van der Waals surface area (Å²) in [6.07, 6.45) is 5.16. The van der Waals surface area contributed by atoms with Crippen LogP contribution in [0.1, 0.15) is 12.5 Å². The molecule has 1 aromatic rings. The molecule has 14 heavy (non-hydrogen) atoms. The van der Waals surface area contributed by atoms with Crippen molar-refractivity contribution in [3.05, 3.63) is 29.6 Å². The quantitative estimate of drug-likeness (QED) is 0.715. The van der Waals surface area contributed by atoms with Gasteiger partial charge in [-0.15, -0.1) is 6.42 Å². The summed E-state index contributed by atoms with van der Waals surface area (Å²) in [5.74, 6) is 1.55. The number of para-hydroxylation sites is 1. The van der Waals surface area contributed by atoms with Gasteiger partial charge in [0.1, 0.15) is 0 Å². The van der Waals surface area contributed by atoms with E-state index in [1.165, 1.54) is 6.07 Å². The van der Waals surface area contributed by atoms with E-state index in [4.69, 9.17) is 6.42 Å². The second kappa shape index (κ2) is 4.64. The molecule has 74 valence electrons. The molecular formula is C11H12FNO. The Hall–Kier alpha value is -1.53. The molecule has 0 radical (unpaired) electrons. The Morgan fingerprint density at radius 2 is 2.36 bits per heavy atom. The summed E-state index contributed by atoms with van der Waals surface area (Å²) in [5.41, 5.74) is 0.507. The van der Waals surface area contributed by atoms with Crippen LogP contribution < -0.4 is 5.32 Å². The third kappa shape index (κ3) is 2.48. The summed E-state index contributed by atoms with van der Waals surface area (Å²) in [6.45, 7) is 2.17. The first-order valence-electron chi connectivity index (χ1n) is 4.31. The van der Waals surface area contributed by atoms with Crippen molar-refractivity contribution >= 4 is 0 Å². The molecule has 0 amide bonds. The number of benzene rings is 1. The van der Waals surface area contributed by atoms with Crippen LogP contribution in [0.5, 0.6) is 5.75 Å². The average Bonchev–Trinajstić information content (AvgIpc) is 2.20. The van der Waals surface area contributed by atoms with E-state index in [0.29, 0.717) is 12.1 Å². The number of terminal acetylenes is 1. The molecule has 3 heteroatoms. The minimum atomic E-state index is -0.613. The summed E-state index contributed by atoms with van der Waals surface area (Å²) >= 11 is 0. The van der Waals surface area contributed by atoms with Crippen LogP contribution in [0.15, 0.2) is 18.2 Å². The van der Waals surface area contributed by atoms with Crippen LogP contribution in [-0.4, -0.2) is 11.1 Å². The fourth-order valence-corrected chi connectivity index (χ4v) is 1.02. The van der Waals surface area contributed by atoms with Crippen LogP contribution in [0.2, 0.25) is 0 Å². The fraction of sp³-hybridized carbons (Fsp3) is 0.273. The summed E-state index contributed by atoms with van der Waals surface area (Å²) < 4.78 is 12.9. The van der Waals surface area contributed by atoms with Crippen molar-refractivity contribution in [3.63, 3.8) is 0 Å². The Labute approximate surface area is 82.8 Å². The van der Waals surface area contributed by atoms with E-state index in [0.717, 1.165) is 0 Å². The molecule has 2 N–H and O–H groups in total. The Bertz CT molecular complexity index is 357. The highest BCUT2D eigenvalue weighted by molar-refractivity contribution is 5.33. The van der Waals surface area contributed by atoms with Crippen molar-refractivity contribution < 1.29 is 9.50 Å². The van der Waals surface area contributed by atoms with E-state index in [9.17, 15) is 9.50 Å². The zero-order chi connectivity index (χ0) is 10.6. The monoisotopic (exact) mass is 193 g/mol. The van der Waals surface area contributed by atoms with Crippen LogP contribution in [0.3, 0.4) is 0 Å². The molecule has 0 aliphatic carbocycles. The van der Waals surface area contributed by atoms with Gasteiger partial charge in [0.2, 0.25) is 0 Å². The van der Waals surface area contributed by atoms with Crippen molar-refractivity contribution in [3.8, 4) is 18.1 Å². The molecule has 0 aliphatic rings. The van der Waals surface area contributed by atoms with Crippen LogP contribution >= 0.6 is 0 Å². The molecule has 1 atom stereocenters. The average molecular weight is 193 g/mol. The van der Waals surface area contributed by atoms with E-state index >= 15 is 0 Å². The third-order valence-electron chi connectivity index (χ3n) is 1.92. The van der Waals surface area contributed by atoms with Gasteiger partial charge in [-0.25, -0.2) is 4.39 Å². The number of hydrogen-bond acceptors (Lipinski definition) is 2. The van der Waals surface area contributed by atoms with Crippen LogP contribution in [0, 0.1) is 18.2 Å². The topological polar surface area (TPSA) is 32.3 Å². The van der Waals surface area contributed by atoms with Gasteiger partial charge in [-0.2, -0.15) is 0 Å². The number of phenols is 1. The summed E-state index contributed by atoms with van der Waals surface area (Å²) in [4.78, 5) is 0. The molecule has 1 unspecified atom stereocenters. The minimum Gasteiger partial charge on any atom is -0.505 e. The van der Waals surface area contributed by atoms with E-state index < -0.39 is 5.82 Å². The van der Waals surface area contributed by atoms with Gasteiger partial charge in [-0.1, -0.05) is 18.1 Å². The molecule has 0 spiro atoms. The predicted octanol–water partition coefficient (Wildman–Crippen LogP) is 1.64. The summed E-state index contributed by atoms with van der Waals surface area (Å²) in [5, 5.41) is 12.3. The van der Waals surface area contributed by atoms with Gasteiger partial charge in [0.15, 0.2) is 11.6 Å². The predicted molar refractivity (Wildman–Crippen MR) is 53.2 cm³/mol. The Balaban J connectivity index is 2.69. The highest BCUT2D eigenvalue weighted by Gasteiger charge is 2.06. The van der Waals surface area contributed by atoms with Crippen molar-refractivity contribution in [1.29, 1.82) is 0 Å². The van der Waals surface area contributed by atoms with E-state index in [-0.39, 0.29) is 11.8 Å². The molecule has 0 bridgehead atoms. The zero-order valence-electron chi connectivity index (χ0n) is 7.92. The smallest absolute Gasteiger partial charge is 0.165 e. The Kier molecular flexibility index (Phi) is 3.49. The molecule has 1 rings (SSSR count). The molecule has 0 fully saturated rings. The maximum absolute atomic E-state index is 12.9. The van der Waals surface area contributed by atoms with E-state index in [1.54, 1.807) is 12.1 Å². The van der Waals surface area contributed by atoms with Gasteiger partial charge in [0.05, 0.1) is 6.04 Å². The second-order valence-electron chi connectivity index (χ2n) is 3.02. The largest absolute Gasteiger partial charge is 0.505 e. The lowest BCUT2D eigenvalue weighted by atomic mass is 10.2. The van der Waals surface area contributed by atoms with Gasteiger partial charge in [-0.3, -0.25) is 5.32 Å². The Morgan fingerprint density at radius 3 is 3.00 bits per heavy atom. The van der Waals surface area contributed by atoms with Crippen molar-refractivity contribution in [2.75, 3.05) is 0 Å². The molecule has 1 aromatic carbocycles. The molecular weight excluding hydrogens is 181 g/mol. The highest BCUT2D eigenvalue weighted by Crippen LogP contribution is 2.20. The van der Waals surface area contributed by atoms with Crippen LogP contribution in [-0.2, 0) is 6.54 Å². The lowest BCUT2D eigenvalue weighted by Crippen LogP contribution is -2.23. The van der Waals surface area contributed by atoms with Gasteiger partial charge < -0.3 is 5.11 Å². The van der Waals surface area contributed by atoms with Crippen molar-refractivity contribution in [2.24, 2.45) is 0 Å². The number of aromatic hydroxyl groups is 1. The fourth-order valence-electron chi connectivity index (χ4n) is 1.02. The summed E-state index contributed by atoms with van der Waals surface area (Å²) in [6, 6.07) is 4.31. The first-order chi connectivity index (χ1) is 6.65. The number of halogens is 1. The van der Waals surface area contributed by atoms with Gasteiger partial charge in [0, 0.05) is 12.1 Å². The number of hydrogen-bond donors (Lipinski definition) is 2. The number of rotatable bonds is 3. The normalized spacial score (nSPS) is 12.1. The SMILES string of the molecule is C#CC(C)NCc1cccc(F)c1O. The molecule has 0 saturated heterocycles. The second-order valence-corrected chi connectivity index (χ2v) is 3.02. The lowest BCUT2D eigenvalue weighted by molar-refractivity contribution is 0.422. The maximum atomic E-state index is 12.9. The first kappa shape index (κ1) is 10.6. The molecule has 0 saturated carbocycles. The lowest BCUT2D eigenvalue weighted by Gasteiger charge is -2.09. The van der Waals surface area contributed by atoms with Gasteiger partial charge >= 0.3 is 0 Å². The van der Waals surface area contributed by atoms with Gasteiger partial charge in [-0.05, 0) is 13.0 Å². The highest BCUT2D eigenvalue weighted by atomic mass is 19.1. The van der Waals surface area contributed by atoms with Gasteiger partial charge in [0.25, 0.3) is 0 Å². The standard InChI is InChI=1S/C11H12FNO/c1-3-8(2)13-7-9-5-4-6-10(12)11(9)14/h1,4-6,8,13-14H,7H2,2H3. The summed E-state index contributed by atoms with van der Waals surface area (Å²) in [7, 11) is 0. The molecule has 0 aromatic heterocycles. The number of nitrogens with one attached hydrogen (secondary N) is 1. The van der Waals surface area contributed by atoms with Crippen molar-refractivity contribution in [1.82, 2.24) is 5.32 Å². The van der Waals surface area contributed by atoms with Crippen molar-refractivity contribution in [2.45, 2.75) is 19.5 Å². The van der Waals surface area contributed by atoms with Crippen LogP contribution in [0.4, 0.5) is 4.39 Å². The maximum Gasteiger partial charge on any atom is 0.165 e.